The molecule has 4 aromatic rings. The maximum absolute atomic E-state index is 6.10. The zero-order chi connectivity index (χ0) is 18.1. The van der Waals surface area contributed by atoms with Crippen LogP contribution in [0.4, 0.5) is 17.1 Å². The highest BCUT2D eigenvalue weighted by molar-refractivity contribution is 6.07. The first kappa shape index (κ1) is 16.2. The molecule has 0 heterocycles. The van der Waals surface area contributed by atoms with E-state index in [0.717, 1.165) is 27.7 Å². The van der Waals surface area contributed by atoms with Gasteiger partial charge in [0.15, 0.2) is 0 Å². The number of hydrogen-bond acceptors (Lipinski definition) is 3. The van der Waals surface area contributed by atoms with Gasteiger partial charge in [0.1, 0.15) is 0 Å². The van der Waals surface area contributed by atoms with Crippen molar-refractivity contribution < 1.29 is 0 Å². The lowest BCUT2D eigenvalue weighted by Crippen LogP contribution is -2.09. The van der Waals surface area contributed by atoms with E-state index in [0.29, 0.717) is 0 Å². The highest BCUT2D eigenvalue weighted by atomic mass is 15.1. The van der Waals surface area contributed by atoms with E-state index in [4.69, 9.17) is 10.7 Å². The van der Waals surface area contributed by atoms with E-state index in [-0.39, 0.29) is 0 Å². The van der Waals surface area contributed by atoms with Crippen LogP contribution in [0.3, 0.4) is 0 Å². The molecule has 4 aromatic carbocycles. The molecule has 0 saturated carbocycles. The second-order valence-electron chi connectivity index (χ2n) is 6.59. The molecule has 3 nitrogen and oxygen atoms in total. The fourth-order valence-corrected chi connectivity index (χ4v) is 3.37. The number of fused-ring (bicyclic) bond motifs is 2. The normalized spacial score (nSPS) is 11.5. The number of nitrogen functional groups attached to an aromatic ring is 1. The van der Waals surface area contributed by atoms with Crippen molar-refractivity contribution in [2.45, 2.75) is 0 Å². The first-order valence-electron chi connectivity index (χ1n) is 8.65. The molecule has 0 radical (unpaired) electrons. The number of nitrogens with two attached hydrogens (primary N) is 1. The van der Waals surface area contributed by atoms with Crippen LogP contribution in [0.5, 0.6) is 0 Å². The summed E-state index contributed by atoms with van der Waals surface area (Å²) in [7, 11) is 4.13. The largest absolute Gasteiger partial charge is 0.398 e. The Labute approximate surface area is 153 Å². The zero-order valence-corrected chi connectivity index (χ0v) is 15.0. The zero-order valence-electron chi connectivity index (χ0n) is 15.0. The Hall–Kier alpha value is -3.33. The lowest BCUT2D eigenvalue weighted by Gasteiger charge is -2.16. The van der Waals surface area contributed by atoms with Gasteiger partial charge in [0.05, 0.1) is 5.69 Å². The van der Waals surface area contributed by atoms with Crippen molar-refractivity contribution in [2.75, 3.05) is 24.7 Å². The monoisotopic (exact) mass is 339 g/mol. The number of rotatable bonds is 3. The lowest BCUT2D eigenvalue weighted by atomic mass is 10.0. The average Bonchev–Trinajstić information content (AvgIpc) is 2.67. The fraction of sp³-hybridized carbons (Fsp3) is 0.0870. The van der Waals surface area contributed by atoms with Gasteiger partial charge < -0.3 is 10.6 Å². The molecule has 0 aromatic heterocycles. The predicted molar refractivity (Wildman–Crippen MR) is 114 cm³/mol. The summed E-state index contributed by atoms with van der Waals surface area (Å²) in [5, 5.41) is 4.53. The van der Waals surface area contributed by atoms with Crippen LogP contribution in [0.2, 0.25) is 0 Å². The lowest BCUT2D eigenvalue weighted by molar-refractivity contribution is 1.14. The second kappa shape index (κ2) is 6.52. The van der Waals surface area contributed by atoms with Crippen molar-refractivity contribution in [2.24, 2.45) is 4.99 Å². The molecular formula is C23H21N3. The first-order chi connectivity index (χ1) is 12.6. The number of anilines is 2. The summed E-state index contributed by atoms with van der Waals surface area (Å²) in [6.07, 6.45) is 1.94. The molecule has 3 heteroatoms. The van der Waals surface area contributed by atoms with E-state index in [1.54, 1.807) is 0 Å². The van der Waals surface area contributed by atoms with Gasteiger partial charge in [-0.15, -0.1) is 0 Å². The van der Waals surface area contributed by atoms with Crippen LogP contribution in [-0.4, -0.2) is 20.3 Å². The topological polar surface area (TPSA) is 41.6 Å². The van der Waals surface area contributed by atoms with Crippen LogP contribution >= 0.6 is 0 Å². The van der Waals surface area contributed by atoms with Crippen molar-refractivity contribution in [3.8, 4) is 0 Å². The molecule has 0 unspecified atom stereocenters. The van der Waals surface area contributed by atoms with Gasteiger partial charge in [0.25, 0.3) is 0 Å². The Morgan fingerprint density at radius 1 is 0.731 bits per heavy atom. The minimum atomic E-state index is 0.778. The highest BCUT2D eigenvalue weighted by Crippen LogP contribution is 2.31. The van der Waals surface area contributed by atoms with Crippen LogP contribution in [0.1, 0.15) is 5.56 Å². The maximum Gasteiger partial charge on any atom is 0.0709 e. The number of aliphatic imine (C=N–C) groups is 1. The van der Waals surface area contributed by atoms with Gasteiger partial charge in [0.2, 0.25) is 0 Å². The van der Waals surface area contributed by atoms with Gasteiger partial charge in [-0.1, -0.05) is 54.6 Å². The summed E-state index contributed by atoms with van der Waals surface area (Å²) in [6.45, 7) is 0. The van der Waals surface area contributed by atoms with Gasteiger partial charge in [-0.3, -0.25) is 4.99 Å². The minimum Gasteiger partial charge on any atom is -0.398 e. The third-order valence-electron chi connectivity index (χ3n) is 4.69. The van der Waals surface area contributed by atoms with Crippen LogP contribution in [0.25, 0.3) is 21.5 Å². The molecule has 0 spiro atoms. The highest BCUT2D eigenvalue weighted by Gasteiger charge is 2.06. The van der Waals surface area contributed by atoms with Crippen LogP contribution in [0, 0.1) is 0 Å². The first-order valence-corrected chi connectivity index (χ1v) is 8.65. The molecule has 0 fully saturated rings. The maximum atomic E-state index is 6.10. The average molecular weight is 339 g/mol. The molecule has 0 atom stereocenters. The summed E-state index contributed by atoms with van der Waals surface area (Å²) in [6, 6.07) is 24.7. The second-order valence-corrected chi connectivity index (χ2v) is 6.59. The van der Waals surface area contributed by atoms with Gasteiger partial charge in [-0.2, -0.15) is 0 Å². The summed E-state index contributed by atoms with van der Waals surface area (Å²) in [5.41, 5.74) is 10.1. The van der Waals surface area contributed by atoms with Crippen LogP contribution in [0.15, 0.2) is 77.8 Å². The number of nitrogens with zero attached hydrogens (tertiary/aromatic N) is 2. The van der Waals surface area contributed by atoms with E-state index in [9.17, 15) is 0 Å². The molecule has 26 heavy (non-hydrogen) atoms. The third-order valence-corrected chi connectivity index (χ3v) is 4.69. The fourth-order valence-electron chi connectivity index (χ4n) is 3.37. The van der Waals surface area contributed by atoms with E-state index in [2.05, 4.69) is 61.5 Å². The molecule has 0 aliphatic heterocycles. The molecule has 0 saturated heterocycles. The van der Waals surface area contributed by atoms with Crippen LogP contribution < -0.4 is 10.6 Å². The summed E-state index contributed by atoms with van der Waals surface area (Å²) in [4.78, 5) is 6.91. The molecule has 0 amide bonds. The van der Waals surface area contributed by atoms with Crippen molar-refractivity contribution in [3.05, 3.63) is 78.4 Å². The summed E-state index contributed by atoms with van der Waals surface area (Å²) in [5.74, 6) is 0. The quantitative estimate of drug-likeness (QED) is 0.401. The molecule has 0 aliphatic rings. The van der Waals surface area contributed by atoms with E-state index < -0.39 is 0 Å². The van der Waals surface area contributed by atoms with Crippen molar-refractivity contribution in [1.82, 2.24) is 0 Å². The Morgan fingerprint density at radius 3 is 2.12 bits per heavy atom. The summed E-state index contributed by atoms with van der Waals surface area (Å²) < 4.78 is 0. The standard InChI is InChI=1S/C23H21N3/c1-26(2)23-14-11-16(17-7-3-6-10-20(17)23)15-25-22-13-12-21(24)18-8-4-5-9-19(18)22/h3-15H,24H2,1-2H3/b25-15+. The molecule has 4 rings (SSSR count). The molecule has 2 N–H and O–H groups in total. The van der Waals surface area contributed by atoms with Crippen molar-refractivity contribution >= 4 is 44.8 Å². The van der Waals surface area contributed by atoms with Gasteiger partial charge in [-0.25, -0.2) is 0 Å². The van der Waals surface area contributed by atoms with Crippen molar-refractivity contribution in [3.63, 3.8) is 0 Å². The number of hydrogen-bond donors (Lipinski definition) is 1. The third kappa shape index (κ3) is 2.78. The smallest absolute Gasteiger partial charge is 0.0709 e. The van der Waals surface area contributed by atoms with Gasteiger partial charge in [0, 0.05) is 53.4 Å². The summed E-state index contributed by atoms with van der Waals surface area (Å²) >= 11 is 0. The van der Waals surface area contributed by atoms with Gasteiger partial charge >= 0.3 is 0 Å². The van der Waals surface area contributed by atoms with Crippen molar-refractivity contribution in [1.29, 1.82) is 0 Å². The molecular weight excluding hydrogens is 318 g/mol. The van der Waals surface area contributed by atoms with E-state index in [1.165, 1.54) is 16.5 Å². The SMILES string of the molecule is CN(C)c1ccc(/C=N/c2ccc(N)c3ccccc23)c2ccccc12. The molecule has 0 aliphatic carbocycles. The Kier molecular flexibility index (Phi) is 4.05. The minimum absolute atomic E-state index is 0.778. The Morgan fingerprint density at radius 2 is 1.38 bits per heavy atom. The van der Waals surface area contributed by atoms with Gasteiger partial charge in [-0.05, 0) is 23.6 Å². The molecule has 128 valence electrons. The Bertz CT molecular complexity index is 1130. The van der Waals surface area contributed by atoms with E-state index in [1.807, 2.05) is 36.5 Å². The molecule has 0 bridgehead atoms. The number of benzene rings is 4. The Balaban J connectivity index is 1.84. The van der Waals surface area contributed by atoms with E-state index >= 15 is 0 Å². The predicted octanol–water partition coefficient (Wildman–Crippen LogP) is 5.39. The van der Waals surface area contributed by atoms with Crippen LogP contribution in [-0.2, 0) is 0 Å².